The first-order chi connectivity index (χ1) is 15.6. The van der Waals surface area contributed by atoms with Gasteiger partial charge in [0.15, 0.2) is 0 Å². The van der Waals surface area contributed by atoms with E-state index in [0.717, 1.165) is 19.3 Å². The topological polar surface area (TPSA) is 73.6 Å². The number of nitriles is 1. The van der Waals surface area contributed by atoms with Crippen LogP contribution in [0.1, 0.15) is 68.4 Å². The fourth-order valence-corrected chi connectivity index (χ4v) is 6.19. The summed E-state index contributed by atoms with van der Waals surface area (Å²) >= 11 is 0. The molecule has 2 aliphatic heterocycles. The second-order valence-electron chi connectivity index (χ2n) is 9.59. The van der Waals surface area contributed by atoms with Gasteiger partial charge >= 0.3 is 6.09 Å². The van der Waals surface area contributed by atoms with E-state index in [4.69, 9.17) is 10.00 Å². The van der Waals surface area contributed by atoms with Gasteiger partial charge in [0.05, 0.1) is 11.7 Å². The number of carbonyl (C=O) groups is 1. The van der Waals surface area contributed by atoms with Gasteiger partial charge in [0.1, 0.15) is 6.61 Å². The number of hydrogen-bond acceptors (Lipinski definition) is 4. The number of unbranched alkanes of at least 4 members (excludes halogenated alkanes) is 1. The largest absolute Gasteiger partial charge is 0.448 e. The summed E-state index contributed by atoms with van der Waals surface area (Å²) < 4.78 is 5.94. The molecule has 1 aliphatic carbocycles. The van der Waals surface area contributed by atoms with E-state index in [1.807, 2.05) is 17.0 Å². The molecule has 5 nitrogen and oxygen atoms in total. The quantitative estimate of drug-likeness (QED) is 0.647. The molecule has 0 saturated carbocycles. The van der Waals surface area contributed by atoms with Crippen LogP contribution >= 0.6 is 0 Å². The maximum absolute atomic E-state index is 13.2. The van der Waals surface area contributed by atoms with Crippen LogP contribution in [0, 0.1) is 11.3 Å². The van der Waals surface area contributed by atoms with Crippen molar-refractivity contribution in [3.8, 4) is 17.2 Å². The van der Waals surface area contributed by atoms with E-state index in [2.05, 4.69) is 42.5 Å². The third-order valence-corrected chi connectivity index (χ3v) is 7.57. The highest BCUT2D eigenvalue weighted by atomic mass is 16.6. The lowest BCUT2D eigenvalue weighted by molar-refractivity contribution is -0.0890. The Labute approximate surface area is 189 Å². The first-order valence-corrected chi connectivity index (χ1v) is 11.8. The number of piperidine rings is 2. The van der Waals surface area contributed by atoms with Gasteiger partial charge in [-0.1, -0.05) is 48.5 Å². The van der Waals surface area contributed by atoms with Crippen molar-refractivity contribution in [1.29, 1.82) is 5.26 Å². The van der Waals surface area contributed by atoms with Crippen molar-refractivity contribution in [2.75, 3.05) is 6.61 Å². The molecule has 0 spiro atoms. The van der Waals surface area contributed by atoms with E-state index < -0.39 is 5.60 Å². The molecule has 2 bridgehead atoms. The number of aliphatic hydroxyl groups is 1. The van der Waals surface area contributed by atoms with Crippen LogP contribution in [0.15, 0.2) is 48.5 Å². The van der Waals surface area contributed by atoms with Gasteiger partial charge in [-0.15, -0.1) is 0 Å². The van der Waals surface area contributed by atoms with E-state index >= 15 is 0 Å². The van der Waals surface area contributed by atoms with Crippen LogP contribution in [0.3, 0.4) is 0 Å². The number of fused-ring (bicyclic) bond motifs is 5. The van der Waals surface area contributed by atoms with Crippen LogP contribution in [0.2, 0.25) is 0 Å². The molecular formula is C27H30N2O3. The summed E-state index contributed by atoms with van der Waals surface area (Å²) in [5.41, 5.74) is 4.11. The normalized spacial score (nSPS) is 26.2. The van der Waals surface area contributed by atoms with Gasteiger partial charge in [-0.3, -0.25) is 0 Å². The van der Waals surface area contributed by atoms with Crippen molar-refractivity contribution < 1.29 is 14.6 Å². The molecule has 2 aromatic rings. The zero-order valence-corrected chi connectivity index (χ0v) is 18.4. The van der Waals surface area contributed by atoms with Crippen molar-refractivity contribution in [3.05, 3.63) is 59.7 Å². The molecule has 2 atom stereocenters. The molecule has 32 heavy (non-hydrogen) atoms. The Morgan fingerprint density at radius 3 is 2.25 bits per heavy atom. The number of rotatable bonds is 5. The molecule has 2 aromatic carbocycles. The minimum Gasteiger partial charge on any atom is -0.448 e. The number of amides is 1. The average Bonchev–Trinajstić information content (AvgIpc) is 3.11. The number of nitrogens with zero attached hydrogens (tertiary/aromatic N) is 2. The van der Waals surface area contributed by atoms with Crippen molar-refractivity contribution in [1.82, 2.24) is 4.90 Å². The summed E-state index contributed by atoms with van der Waals surface area (Å²) in [5.74, 6) is 0.0545. The lowest BCUT2D eigenvalue weighted by atomic mass is 9.74. The van der Waals surface area contributed by atoms with E-state index in [1.165, 1.54) is 22.3 Å². The second-order valence-corrected chi connectivity index (χ2v) is 9.59. The number of benzene rings is 2. The molecule has 2 unspecified atom stereocenters. The van der Waals surface area contributed by atoms with Crippen molar-refractivity contribution >= 4 is 6.09 Å². The van der Waals surface area contributed by atoms with Crippen LogP contribution in [0.5, 0.6) is 0 Å². The lowest BCUT2D eigenvalue weighted by Gasteiger charge is -2.51. The molecule has 5 rings (SSSR count). The van der Waals surface area contributed by atoms with Crippen LogP contribution in [0.25, 0.3) is 11.1 Å². The maximum Gasteiger partial charge on any atom is 0.410 e. The highest BCUT2D eigenvalue weighted by Crippen LogP contribution is 2.45. The summed E-state index contributed by atoms with van der Waals surface area (Å²) in [6.45, 7) is 0.329. The number of ether oxygens (including phenoxy) is 1. The van der Waals surface area contributed by atoms with Crippen LogP contribution < -0.4 is 0 Å². The molecular weight excluding hydrogens is 400 g/mol. The first-order valence-electron chi connectivity index (χ1n) is 11.8. The van der Waals surface area contributed by atoms with Crippen molar-refractivity contribution in [2.24, 2.45) is 0 Å². The minimum atomic E-state index is -0.771. The third-order valence-electron chi connectivity index (χ3n) is 7.57. The zero-order chi connectivity index (χ0) is 22.1. The summed E-state index contributed by atoms with van der Waals surface area (Å²) in [7, 11) is 0. The minimum absolute atomic E-state index is 0.0187. The fourth-order valence-electron chi connectivity index (χ4n) is 6.19. The molecule has 1 N–H and O–H groups in total. The van der Waals surface area contributed by atoms with Gasteiger partial charge in [-0.05, 0) is 67.2 Å². The van der Waals surface area contributed by atoms with Crippen LogP contribution in [0.4, 0.5) is 4.79 Å². The van der Waals surface area contributed by atoms with Gasteiger partial charge < -0.3 is 14.7 Å². The average molecular weight is 431 g/mol. The standard InChI is InChI=1S/C27H30N2O3/c28-15-6-5-14-27(31)16-19-8-7-9-20(17-27)29(19)26(30)32-18-25-23-12-3-1-10-21(23)22-11-2-4-13-24(22)25/h1-4,10-13,19-20,25,31H,5-9,14,16-18H2. The molecule has 2 heterocycles. The van der Waals surface area contributed by atoms with Crippen LogP contribution in [-0.2, 0) is 4.74 Å². The maximum atomic E-state index is 13.2. The number of carbonyl (C=O) groups excluding carboxylic acids is 1. The Hall–Kier alpha value is -2.84. The molecule has 0 radical (unpaired) electrons. The molecule has 3 aliphatic rings. The summed E-state index contributed by atoms with van der Waals surface area (Å²) in [5, 5.41) is 20.0. The highest BCUT2D eigenvalue weighted by molar-refractivity contribution is 5.79. The fraction of sp³-hybridized carbons (Fsp3) is 0.481. The van der Waals surface area contributed by atoms with E-state index in [1.54, 1.807) is 0 Å². The highest BCUT2D eigenvalue weighted by Gasteiger charge is 2.47. The SMILES string of the molecule is N#CCCCC1(O)CC2CCCC(C1)N2C(=O)OCC1c2ccccc2-c2ccccc21. The van der Waals surface area contributed by atoms with Crippen molar-refractivity contribution in [3.63, 3.8) is 0 Å². The number of hydrogen-bond donors (Lipinski definition) is 1. The second kappa shape index (κ2) is 8.60. The van der Waals surface area contributed by atoms with Gasteiger partial charge in [0.25, 0.3) is 0 Å². The first kappa shape index (κ1) is 21.0. The van der Waals surface area contributed by atoms with Gasteiger partial charge in [-0.2, -0.15) is 5.26 Å². The zero-order valence-electron chi connectivity index (χ0n) is 18.4. The van der Waals surface area contributed by atoms with E-state index in [9.17, 15) is 9.90 Å². The van der Waals surface area contributed by atoms with Gasteiger partial charge in [0.2, 0.25) is 0 Å². The molecule has 166 valence electrons. The predicted octanol–water partition coefficient (Wildman–Crippen LogP) is 5.38. The van der Waals surface area contributed by atoms with E-state index in [-0.39, 0.29) is 24.1 Å². The summed E-state index contributed by atoms with van der Waals surface area (Å²) in [6.07, 6.45) is 5.61. The summed E-state index contributed by atoms with van der Waals surface area (Å²) in [4.78, 5) is 15.2. The molecule has 5 heteroatoms. The Bertz CT molecular complexity index is 984. The van der Waals surface area contributed by atoms with Gasteiger partial charge in [-0.25, -0.2) is 4.79 Å². The predicted molar refractivity (Wildman–Crippen MR) is 122 cm³/mol. The monoisotopic (exact) mass is 430 g/mol. The third kappa shape index (κ3) is 3.78. The molecule has 2 saturated heterocycles. The lowest BCUT2D eigenvalue weighted by Crippen LogP contribution is -2.60. The Kier molecular flexibility index (Phi) is 5.65. The van der Waals surface area contributed by atoms with Gasteiger partial charge in [0, 0.05) is 24.4 Å². The van der Waals surface area contributed by atoms with Crippen molar-refractivity contribution in [2.45, 2.75) is 75.0 Å². The molecule has 1 amide bonds. The molecule has 0 aromatic heterocycles. The van der Waals surface area contributed by atoms with E-state index in [0.29, 0.717) is 38.7 Å². The Balaban J connectivity index is 1.29. The Morgan fingerprint density at radius 1 is 1.06 bits per heavy atom. The smallest absolute Gasteiger partial charge is 0.410 e. The molecule has 2 fully saturated rings. The summed E-state index contributed by atoms with van der Waals surface area (Å²) in [6, 6.07) is 18.9. The van der Waals surface area contributed by atoms with Crippen LogP contribution in [-0.4, -0.2) is 40.4 Å². The Morgan fingerprint density at radius 2 is 1.66 bits per heavy atom.